The number of hydrogen-bond donors (Lipinski definition) is 2. The van der Waals surface area contributed by atoms with E-state index in [0.717, 1.165) is 0 Å². The largest absolute Gasteiger partial charge is 0.497 e. The molecule has 7 heteroatoms. The maximum atomic E-state index is 12.5. The lowest BCUT2D eigenvalue weighted by Crippen LogP contribution is -2.30. The van der Waals surface area contributed by atoms with Gasteiger partial charge in [0, 0.05) is 5.56 Å². The molecule has 0 aromatic heterocycles. The quantitative estimate of drug-likeness (QED) is 0.836. The summed E-state index contributed by atoms with van der Waals surface area (Å²) in [5, 5.41) is 11.9. The zero-order chi connectivity index (χ0) is 17.8. The fourth-order valence-corrected chi connectivity index (χ4v) is 2.56. The highest BCUT2D eigenvalue weighted by Crippen LogP contribution is 2.35. The van der Waals surface area contributed by atoms with Crippen LogP contribution in [0, 0.1) is 0 Å². The van der Waals surface area contributed by atoms with Crippen LogP contribution in [0.1, 0.15) is 28.4 Å². The average molecular weight is 343 g/mol. The third kappa shape index (κ3) is 3.82. The number of fused-ring (bicyclic) bond motifs is 1. The Bertz CT molecular complexity index is 804. The number of aliphatic carboxylic acids is 1. The van der Waals surface area contributed by atoms with E-state index in [0.29, 0.717) is 28.4 Å². The van der Waals surface area contributed by atoms with E-state index in [9.17, 15) is 14.7 Å². The lowest BCUT2D eigenvalue weighted by molar-refractivity contribution is -0.137. The number of rotatable bonds is 6. The second-order valence-corrected chi connectivity index (χ2v) is 5.47. The number of carbonyl (C=O) groups is 2. The second kappa shape index (κ2) is 7.12. The summed E-state index contributed by atoms with van der Waals surface area (Å²) in [6.07, 6.45) is -0.255. The first-order chi connectivity index (χ1) is 12.1. The van der Waals surface area contributed by atoms with Crippen molar-refractivity contribution in [3.63, 3.8) is 0 Å². The van der Waals surface area contributed by atoms with Crippen molar-refractivity contribution in [3.05, 3.63) is 53.6 Å². The maximum Gasteiger partial charge on any atom is 0.305 e. The van der Waals surface area contributed by atoms with Crippen molar-refractivity contribution in [2.45, 2.75) is 12.5 Å². The molecule has 0 fully saturated rings. The lowest BCUT2D eigenvalue weighted by atomic mass is 10.0. The molecular weight excluding hydrogens is 326 g/mol. The third-order valence-corrected chi connectivity index (χ3v) is 3.81. The van der Waals surface area contributed by atoms with Crippen LogP contribution < -0.4 is 19.5 Å². The lowest BCUT2D eigenvalue weighted by Gasteiger charge is -2.18. The molecule has 0 saturated carbocycles. The van der Waals surface area contributed by atoms with Gasteiger partial charge < -0.3 is 24.6 Å². The number of carbonyl (C=O) groups excluding carboxylic acids is 1. The van der Waals surface area contributed by atoms with Crippen molar-refractivity contribution < 1.29 is 28.9 Å². The van der Waals surface area contributed by atoms with Gasteiger partial charge >= 0.3 is 5.97 Å². The molecule has 1 atom stereocenters. The molecule has 0 aliphatic carbocycles. The molecule has 0 radical (unpaired) electrons. The summed E-state index contributed by atoms with van der Waals surface area (Å²) in [5.41, 5.74) is 1.01. The molecule has 2 aromatic carbocycles. The number of ether oxygens (including phenoxy) is 3. The zero-order valence-electron chi connectivity index (χ0n) is 13.5. The van der Waals surface area contributed by atoms with Gasteiger partial charge in [-0.3, -0.25) is 9.59 Å². The Hall–Kier alpha value is -3.22. The van der Waals surface area contributed by atoms with Crippen LogP contribution in [0.15, 0.2) is 42.5 Å². The minimum atomic E-state index is -1.02. The van der Waals surface area contributed by atoms with Gasteiger partial charge in [-0.1, -0.05) is 12.1 Å². The average Bonchev–Trinajstić information content (AvgIpc) is 3.08. The molecule has 1 aliphatic rings. The van der Waals surface area contributed by atoms with Gasteiger partial charge in [0.05, 0.1) is 19.6 Å². The van der Waals surface area contributed by atoms with Crippen molar-refractivity contribution in [1.29, 1.82) is 0 Å². The smallest absolute Gasteiger partial charge is 0.305 e. The standard InChI is InChI=1S/C18H17NO6/c1-23-13-4-2-3-12(7-13)18(22)19-14(9-17(20)21)11-5-6-15-16(8-11)25-10-24-15/h2-8,14H,9-10H2,1H3,(H,19,22)(H,20,21)/t14-/m1/s1. The molecule has 0 bridgehead atoms. The molecule has 2 aromatic rings. The summed E-state index contributed by atoms with van der Waals surface area (Å²) in [7, 11) is 1.51. The highest BCUT2D eigenvalue weighted by atomic mass is 16.7. The number of nitrogens with one attached hydrogen (secondary N) is 1. The number of amides is 1. The minimum absolute atomic E-state index is 0.124. The molecule has 0 unspecified atom stereocenters. The van der Waals surface area contributed by atoms with Gasteiger partial charge in [0.2, 0.25) is 6.79 Å². The molecule has 1 amide bonds. The molecule has 130 valence electrons. The number of carboxylic acid groups (broad SMARTS) is 1. The Morgan fingerprint density at radius 2 is 2.00 bits per heavy atom. The molecule has 7 nitrogen and oxygen atoms in total. The van der Waals surface area contributed by atoms with Gasteiger partial charge in [-0.2, -0.15) is 0 Å². The van der Waals surface area contributed by atoms with E-state index in [-0.39, 0.29) is 19.1 Å². The van der Waals surface area contributed by atoms with Crippen molar-refractivity contribution in [3.8, 4) is 17.2 Å². The summed E-state index contributed by atoms with van der Waals surface area (Å²) in [6, 6.07) is 11.0. The Morgan fingerprint density at radius 1 is 1.20 bits per heavy atom. The zero-order valence-corrected chi connectivity index (χ0v) is 13.5. The van der Waals surface area contributed by atoms with Crippen LogP contribution >= 0.6 is 0 Å². The number of methoxy groups -OCH3 is 1. The van der Waals surface area contributed by atoms with Gasteiger partial charge in [-0.05, 0) is 35.9 Å². The first kappa shape index (κ1) is 16.6. The van der Waals surface area contributed by atoms with E-state index in [2.05, 4.69) is 5.32 Å². The molecule has 2 N–H and O–H groups in total. The van der Waals surface area contributed by atoms with E-state index in [1.807, 2.05) is 0 Å². The summed E-state index contributed by atoms with van der Waals surface area (Å²) < 4.78 is 15.7. The molecular formula is C18H17NO6. The Morgan fingerprint density at radius 3 is 2.76 bits per heavy atom. The molecule has 3 rings (SSSR count). The Balaban J connectivity index is 1.83. The van der Waals surface area contributed by atoms with E-state index in [1.54, 1.807) is 42.5 Å². The topological polar surface area (TPSA) is 94.1 Å². The highest BCUT2D eigenvalue weighted by Gasteiger charge is 2.22. The molecule has 25 heavy (non-hydrogen) atoms. The van der Waals surface area contributed by atoms with Crippen LogP contribution in [0.5, 0.6) is 17.2 Å². The number of benzene rings is 2. The fraction of sp³-hybridized carbons (Fsp3) is 0.222. The minimum Gasteiger partial charge on any atom is -0.497 e. The van der Waals surface area contributed by atoms with E-state index < -0.39 is 12.0 Å². The summed E-state index contributed by atoms with van der Waals surface area (Å²) in [6.45, 7) is 0.124. The van der Waals surface area contributed by atoms with Crippen LogP contribution in [0.25, 0.3) is 0 Å². The van der Waals surface area contributed by atoms with Crippen LogP contribution in [0.3, 0.4) is 0 Å². The fourth-order valence-electron chi connectivity index (χ4n) is 2.56. The summed E-state index contributed by atoms with van der Waals surface area (Å²) >= 11 is 0. The highest BCUT2D eigenvalue weighted by molar-refractivity contribution is 5.95. The second-order valence-electron chi connectivity index (χ2n) is 5.47. The first-order valence-electron chi connectivity index (χ1n) is 7.63. The van der Waals surface area contributed by atoms with Gasteiger partial charge in [0.1, 0.15) is 5.75 Å². The molecule has 0 saturated heterocycles. The number of carboxylic acids is 1. The molecule has 1 heterocycles. The van der Waals surface area contributed by atoms with Crippen LogP contribution in [-0.4, -0.2) is 30.9 Å². The van der Waals surface area contributed by atoms with Gasteiger partial charge in [0.25, 0.3) is 5.91 Å². The predicted octanol–water partition coefficient (Wildman–Crippen LogP) is 2.37. The first-order valence-corrected chi connectivity index (χ1v) is 7.63. The van der Waals surface area contributed by atoms with Crippen molar-refractivity contribution in [2.24, 2.45) is 0 Å². The van der Waals surface area contributed by atoms with Crippen molar-refractivity contribution in [1.82, 2.24) is 5.32 Å². The third-order valence-electron chi connectivity index (χ3n) is 3.81. The van der Waals surface area contributed by atoms with Crippen LogP contribution in [0.4, 0.5) is 0 Å². The SMILES string of the molecule is COc1cccc(C(=O)N[C@H](CC(=O)O)c2ccc3c(c2)OCO3)c1. The predicted molar refractivity (Wildman–Crippen MR) is 88.0 cm³/mol. The van der Waals surface area contributed by atoms with Gasteiger partial charge in [-0.15, -0.1) is 0 Å². The Labute approximate surface area is 144 Å². The van der Waals surface area contributed by atoms with E-state index in [1.165, 1.54) is 7.11 Å². The van der Waals surface area contributed by atoms with Crippen molar-refractivity contribution in [2.75, 3.05) is 13.9 Å². The normalized spacial score (nSPS) is 13.2. The van der Waals surface area contributed by atoms with Crippen molar-refractivity contribution >= 4 is 11.9 Å². The van der Waals surface area contributed by atoms with Crippen LogP contribution in [0.2, 0.25) is 0 Å². The van der Waals surface area contributed by atoms with E-state index in [4.69, 9.17) is 14.2 Å². The van der Waals surface area contributed by atoms with E-state index >= 15 is 0 Å². The number of hydrogen-bond acceptors (Lipinski definition) is 5. The molecule has 1 aliphatic heterocycles. The Kier molecular flexibility index (Phi) is 4.74. The summed E-state index contributed by atoms with van der Waals surface area (Å²) in [5.74, 6) is 0.266. The molecule has 0 spiro atoms. The maximum absolute atomic E-state index is 12.5. The van der Waals surface area contributed by atoms with Gasteiger partial charge in [-0.25, -0.2) is 0 Å². The van der Waals surface area contributed by atoms with Crippen LogP contribution in [-0.2, 0) is 4.79 Å². The van der Waals surface area contributed by atoms with Gasteiger partial charge in [0.15, 0.2) is 11.5 Å². The summed E-state index contributed by atoms with van der Waals surface area (Å²) in [4.78, 5) is 23.7. The monoisotopic (exact) mass is 343 g/mol.